The topological polar surface area (TPSA) is 76.4 Å². The van der Waals surface area contributed by atoms with Crippen LogP contribution in [-0.4, -0.2) is 30.3 Å². The fourth-order valence-corrected chi connectivity index (χ4v) is 4.20. The molecule has 0 radical (unpaired) electrons. The molecular weight excluding hydrogens is 286 g/mol. The first-order valence-electron chi connectivity index (χ1n) is 5.92. The normalized spacial score (nSPS) is 16.1. The van der Waals surface area contributed by atoms with Crippen molar-refractivity contribution in [2.24, 2.45) is 5.92 Å². The Morgan fingerprint density at radius 3 is 2.68 bits per heavy atom. The largest absolute Gasteiger partial charge is 0.477 e. The molecule has 19 heavy (non-hydrogen) atoms. The highest BCUT2D eigenvalue weighted by molar-refractivity contribution is 7.92. The van der Waals surface area contributed by atoms with Crippen molar-refractivity contribution in [1.29, 1.82) is 0 Å². The zero-order valence-corrected chi connectivity index (χ0v) is 11.9. The second kappa shape index (κ2) is 4.08. The molecule has 1 aliphatic rings. The number of carboxylic acid groups (broad SMARTS) is 1. The van der Waals surface area contributed by atoms with Gasteiger partial charge in [-0.05, 0) is 30.9 Å². The van der Waals surface area contributed by atoms with Gasteiger partial charge in [0, 0.05) is 18.2 Å². The third-order valence-electron chi connectivity index (χ3n) is 3.27. The van der Waals surface area contributed by atoms with Gasteiger partial charge in [-0.1, -0.05) is 0 Å². The van der Waals surface area contributed by atoms with Gasteiger partial charge < -0.3 is 9.67 Å². The highest BCUT2D eigenvalue weighted by Gasteiger charge is 2.26. The summed E-state index contributed by atoms with van der Waals surface area (Å²) in [5.41, 5.74) is 0.244. The second-order valence-corrected chi connectivity index (χ2v) is 8.26. The Morgan fingerprint density at radius 2 is 2.16 bits per heavy atom. The van der Waals surface area contributed by atoms with Gasteiger partial charge in [0.15, 0.2) is 9.84 Å². The van der Waals surface area contributed by atoms with E-state index in [2.05, 4.69) is 0 Å². The Morgan fingerprint density at radius 1 is 1.47 bits per heavy atom. The van der Waals surface area contributed by atoms with E-state index < -0.39 is 15.8 Å². The molecule has 0 atom stereocenters. The zero-order chi connectivity index (χ0) is 13.8. The number of sulfone groups is 1. The Hall–Kier alpha value is -1.34. The summed E-state index contributed by atoms with van der Waals surface area (Å²) in [7, 11) is -3.24. The van der Waals surface area contributed by atoms with Crippen LogP contribution in [0.3, 0.4) is 0 Å². The molecule has 0 aliphatic heterocycles. The number of nitrogens with zero attached hydrogens (tertiary/aromatic N) is 1. The summed E-state index contributed by atoms with van der Waals surface area (Å²) in [6, 6.07) is 3.12. The van der Waals surface area contributed by atoms with Crippen molar-refractivity contribution in [3.8, 4) is 0 Å². The molecule has 0 spiro atoms. The summed E-state index contributed by atoms with van der Waals surface area (Å²) in [6.07, 6.45) is 3.40. The number of hydrogen-bond donors (Lipinski definition) is 1. The van der Waals surface area contributed by atoms with Gasteiger partial charge >= 0.3 is 5.97 Å². The molecule has 3 rings (SSSR count). The minimum atomic E-state index is -3.24. The number of aromatic nitrogens is 1. The minimum Gasteiger partial charge on any atom is -0.477 e. The van der Waals surface area contributed by atoms with E-state index in [-0.39, 0.29) is 5.69 Å². The maximum Gasteiger partial charge on any atom is 0.352 e. The Bertz CT molecular complexity index is 765. The third-order valence-corrected chi connectivity index (χ3v) is 6.24. The summed E-state index contributed by atoms with van der Waals surface area (Å²) in [5, 5.41) is 9.91. The lowest BCUT2D eigenvalue weighted by atomic mass is 10.3. The molecule has 0 bridgehead atoms. The van der Waals surface area contributed by atoms with Crippen molar-refractivity contribution >= 4 is 37.4 Å². The predicted octanol–water partition coefficient (Wildman–Crippen LogP) is 2.21. The monoisotopic (exact) mass is 299 g/mol. The predicted molar refractivity (Wildman–Crippen MR) is 72.6 cm³/mol. The maximum absolute atomic E-state index is 11.5. The molecule has 0 saturated heterocycles. The van der Waals surface area contributed by atoms with E-state index >= 15 is 0 Å². The van der Waals surface area contributed by atoms with Crippen LogP contribution in [0.4, 0.5) is 0 Å². The standard InChI is InChI=1S/C12H13NO4S2/c1-19(16,17)10-5-8-4-9(12(14)15)13(11(8)18-10)6-7-2-3-7/h4-5,7H,2-3,6H2,1H3,(H,14,15). The molecule has 1 aliphatic carbocycles. The first kappa shape index (κ1) is 12.7. The van der Waals surface area contributed by atoms with Gasteiger partial charge in [-0.3, -0.25) is 0 Å². The van der Waals surface area contributed by atoms with E-state index in [1.807, 2.05) is 0 Å². The first-order chi connectivity index (χ1) is 8.86. The fraction of sp³-hybridized carbons (Fsp3) is 0.417. The molecule has 2 heterocycles. The highest BCUT2D eigenvalue weighted by Crippen LogP contribution is 2.36. The molecule has 7 heteroatoms. The van der Waals surface area contributed by atoms with Gasteiger partial charge in [0.25, 0.3) is 0 Å². The SMILES string of the molecule is CS(=O)(=O)c1cc2cc(C(=O)O)n(CC3CC3)c2s1. The van der Waals surface area contributed by atoms with Crippen LogP contribution in [-0.2, 0) is 16.4 Å². The number of fused-ring (bicyclic) bond motifs is 1. The average Bonchev–Trinajstić information content (AvgIpc) is 2.87. The van der Waals surface area contributed by atoms with Crippen LogP contribution in [0.25, 0.3) is 10.2 Å². The van der Waals surface area contributed by atoms with E-state index in [1.165, 1.54) is 6.26 Å². The van der Waals surface area contributed by atoms with Crippen molar-refractivity contribution in [2.75, 3.05) is 6.26 Å². The lowest BCUT2D eigenvalue weighted by Crippen LogP contribution is -2.09. The number of aromatic carboxylic acids is 1. The van der Waals surface area contributed by atoms with E-state index in [4.69, 9.17) is 0 Å². The summed E-state index contributed by atoms with van der Waals surface area (Å²) >= 11 is 1.15. The lowest BCUT2D eigenvalue weighted by Gasteiger charge is -2.05. The van der Waals surface area contributed by atoms with Gasteiger partial charge in [0.05, 0.1) is 0 Å². The van der Waals surface area contributed by atoms with Crippen molar-refractivity contribution < 1.29 is 18.3 Å². The van der Waals surface area contributed by atoms with Gasteiger partial charge in [0.1, 0.15) is 14.7 Å². The van der Waals surface area contributed by atoms with Crippen LogP contribution in [0.1, 0.15) is 23.3 Å². The third kappa shape index (κ3) is 2.28. The van der Waals surface area contributed by atoms with Gasteiger partial charge in [-0.2, -0.15) is 0 Å². The van der Waals surface area contributed by atoms with E-state index in [0.29, 0.717) is 22.1 Å². The number of hydrogen-bond acceptors (Lipinski definition) is 4. The van der Waals surface area contributed by atoms with Crippen LogP contribution >= 0.6 is 11.3 Å². The van der Waals surface area contributed by atoms with E-state index in [9.17, 15) is 18.3 Å². The summed E-state index contributed by atoms with van der Waals surface area (Å²) in [6.45, 7) is 0.662. The number of rotatable bonds is 4. The van der Waals surface area contributed by atoms with Crippen LogP contribution in [0, 0.1) is 5.92 Å². The Balaban J connectivity index is 2.18. The molecule has 1 fully saturated rings. The van der Waals surface area contributed by atoms with Crippen LogP contribution in [0.15, 0.2) is 16.3 Å². The zero-order valence-electron chi connectivity index (χ0n) is 10.3. The molecule has 1 saturated carbocycles. The summed E-state index contributed by atoms with van der Waals surface area (Å²) in [4.78, 5) is 12.0. The molecule has 5 nitrogen and oxygen atoms in total. The van der Waals surface area contributed by atoms with Crippen LogP contribution < -0.4 is 0 Å². The minimum absolute atomic E-state index is 0.244. The average molecular weight is 299 g/mol. The van der Waals surface area contributed by atoms with Gasteiger partial charge in [-0.15, -0.1) is 11.3 Å². The summed E-state index contributed by atoms with van der Waals surface area (Å²) in [5.74, 6) is -0.442. The molecule has 2 aromatic rings. The molecule has 102 valence electrons. The van der Waals surface area contributed by atoms with Gasteiger partial charge in [0.2, 0.25) is 0 Å². The van der Waals surface area contributed by atoms with Crippen molar-refractivity contribution in [3.05, 3.63) is 17.8 Å². The molecule has 0 amide bonds. The van der Waals surface area contributed by atoms with Crippen molar-refractivity contribution in [3.63, 3.8) is 0 Å². The molecular formula is C12H13NO4S2. The molecule has 2 aromatic heterocycles. The Kier molecular flexibility index (Phi) is 2.72. The summed E-state index contributed by atoms with van der Waals surface area (Å²) < 4.78 is 25.1. The molecule has 0 unspecified atom stereocenters. The van der Waals surface area contributed by atoms with E-state index in [0.717, 1.165) is 29.0 Å². The number of carbonyl (C=O) groups is 1. The smallest absolute Gasteiger partial charge is 0.352 e. The van der Waals surface area contributed by atoms with Crippen molar-refractivity contribution in [1.82, 2.24) is 4.57 Å². The van der Waals surface area contributed by atoms with Crippen molar-refractivity contribution in [2.45, 2.75) is 23.6 Å². The molecule has 0 aromatic carbocycles. The highest BCUT2D eigenvalue weighted by atomic mass is 32.2. The maximum atomic E-state index is 11.5. The second-order valence-electron chi connectivity index (χ2n) is 4.99. The van der Waals surface area contributed by atoms with Gasteiger partial charge in [-0.25, -0.2) is 13.2 Å². The van der Waals surface area contributed by atoms with Crippen LogP contribution in [0.2, 0.25) is 0 Å². The lowest BCUT2D eigenvalue weighted by molar-refractivity contribution is 0.0685. The quantitative estimate of drug-likeness (QED) is 0.939. The number of carboxylic acids is 1. The fourth-order valence-electron chi connectivity index (χ4n) is 2.12. The Labute approximate surface area is 114 Å². The van der Waals surface area contributed by atoms with E-state index in [1.54, 1.807) is 16.7 Å². The molecule has 1 N–H and O–H groups in total. The number of thiophene rings is 1. The van der Waals surface area contributed by atoms with Crippen LogP contribution in [0.5, 0.6) is 0 Å². The first-order valence-corrected chi connectivity index (χ1v) is 8.63.